The number of fused-ring (bicyclic) bond motifs is 1. The number of carbonyl (C=O) groups excluding carboxylic acids is 1. The Morgan fingerprint density at radius 2 is 1.96 bits per heavy atom. The largest absolute Gasteiger partial charge is 0.399 e. The molecular formula is C16H16N4O2S2. The summed E-state index contributed by atoms with van der Waals surface area (Å²) in [6.07, 6.45) is 4.17. The summed E-state index contributed by atoms with van der Waals surface area (Å²) in [6.45, 7) is 0. The average Bonchev–Trinajstić information content (AvgIpc) is 2.88. The molecule has 0 spiro atoms. The first kappa shape index (κ1) is 16.4. The highest BCUT2D eigenvalue weighted by molar-refractivity contribution is 7.92. The molecule has 0 aliphatic rings. The van der Waals surface area contributed by atoms with Gasteiger partial charge in [-0.25, -0.2) is 9.19 Å². The minimum absolute atomic E-state index is 0.257. The standard InChI is InChI=1S/C16H16N4O2S2/c1-24(2,22)20-16(21)10-6-12(15(18)19-8-10)14-7-9-5-11(17)3-4-13(9)23-14/h3-8H,17H2,1-2H3,(H2,18,19). The van der Waals surface area contributed by atoms with Crippen molar-refractivity contribution in [2.45, 2.75) is 0 Å². The van der Waals surface area contributed by atoms with Crippen LogP contribution in [0.4, 0.5) is 11.5 Å². The Hall–Kier alpha value is -2.45. The molecule has 24 heavy (non-hydrogen) atoms. The molecule has 1 amide bonds. The van der Waals surface area contributed by atoms with Crippen molar-refractivity contribution in [3.8, 4) is 10.4 Å². The van der Waals surface area contributed by atoms with Crippen LogP contribution in [0.25, 0.3) is 20.5 Å². The summed E-state index contributed by atoms with van der Waals surface area (Å²) in [5.74, 6) is -0.246. The molecule has 0 bridgehead atoms. The minimum atomic E-state index is -2.53. The van der Waals surface area contributed by atoms with Gasteiger partial charge in [0.05, 0.1) is 5.56 Å². The number of carbonyl (C=O) groups is 1. The molecule has 4 N–H and O–H groups in total. The Balaban J connectivity index is 2.11. The lowest BCUT2D eigenvalue weighted by Crippen LogP contribution is -2.03. The molecule has 6 nitrogen and oxygen atoms in total. The molecule has 2 heterocycles. The summed E-state index contributed by atoms with van der Waals surface area (Å²) in [5, 5.41) is 1.00. The first-order valence-electron chi connectivity index (χ1n) is 6.99. The molecule has 124 valence electrons. The van der Waals surface area contributed by atoms with E-state index in [1.54, 1.807) is 6.07 Å². The van der Waals surface area contributed by atoms with Gasteiger partial charge in [-0.3, -0.25) is 4.79 Å². The van der Waals surface area contributed by atoms with Crippen molar-refractivity contribution >= 4 is 48.6 Å². The maximum Gasteiger partial charge on any atom is 0.286 e. The van der Waals surface area contributed by atoms with E-state index in [0.717, 1.165) is 15.0 Å². The second-order valence-electron chi connectivity index (χ2n) is 5.64. The predicted molar refractivity (Wildman–Crippen MR) is 101 cm³/mol. The van der Waals surface area contributed by atoms with Crippen molar-refractivity contribution in [1.29, 1.82) is 0 Å². The molecule has 2 aromatic heterocycles. The Morgan fingerprint density at radius 1 is 1.21 bits per heavy atom. The zero-order valence-corrected chi connectivity index (χ0v) is 14.8. The SMILES string of the molecule is CS(C)(=O)=NC(=O)c1cnc(N)c(-c2cc3cc(N)ccc3s2)c1. The van der Waals surface area contributed by atoms with Crippen molar-refractivity contribution in [2.24, 2.45) is 4.36 Å². The number of benzene rings is 1. The number of thiophene rings is 1. The maximum atomic E-state index is 12.1. The Kier molecular flexibility index (Phi) is 4.02. The molecule has 0 aliphatic heterocycles. The Labute approximate surface area is 143 Å². The third-order valence-electron chi connectivity index (χ3n) is 3.27. The Morgan fingerprint density at radius 3 is 2.67 bits per heavy atom. The third-order valence-corrected chi connectivity index (χ3v) is 5.03. The van der Waals surface area contributed by atoms with E-state index < -0.39 is 15.6 Å². The van der Waals surface area contributed by atoms with Crippen LogP contribution in [0, 0.1) is 0 Å². The quantitative estimate of drug-likeness (QED) is 0.682. The monoisotopic (exact) mass is 360 g/mol. The van der Waals surface area contributed by atoms with Crippen molar-refractivity contribution in [3.63, 3.8) is 0 Å². The van der Waals surface area contributed by atoms with E-state index in [1.165, 1.54) is 30.0 Å². The molecule has 0 fully saturated rings. The maximum absolute atomic E-state index is 12.1. The number of hydrogen-bond acceptors (Lipinski definition) is 6. The van der Waals surface area contributed by atoms with E-state index in [2.05, 4.69) is 9.35 Å². The highest BCUT2D eigenvalue weighted by Gasteiger charge is 2.14. The summed E-state index contributed by atoms with van der Waals surface area (Å²) in [4.78, 5) is 17.1. The van der Waals surface area contributed by atoms with E-state index in [0.29, 0.717) is 17.1 Å². The number of pyridine rings is 1. The normalized spacial score (nSPS) is 11.6. The van der Waals surface area contributed by atoms with Crippen LogP contribution in [0.15, 0.2) is 40.9 Å². The van der Waals surface area contributed by atoms with E-state index >= 15 is 0 Å². The summed E-state index contributed by atoms with van der Waals surface area (Å²) in [7, 11) is -2.53. The number of nitrogens with zero attached hydrogens (tertiary/aromatic N) is 2. The van der Waals surface area contributed by atoms with Crippen LogP contribution in [-0.2, 0) is 9.73 Å². The average molecular weight is 360 g/mol. The van der Waals surface area contributed by atoms with Gasteiger partial charge < -0.3 is 11.5 Å². The van der Waals surface area contributed by atoms with E-state index in [4.69, 9.17) is 11.5 Å². The molecule has 0 atom stereocenters. The summed E-state index contributed by atoms with van der Waals surface area (Å²) in [5.41, 5.74) is 13.4. The lowest BCUT2D eigenvalue weighted by molar-refractivity contribution is 0.100. The van der Waals surface area contributed by atoms with Crippen molar-refractivity contribution < 1.29 is 9.00 Å². The van der Waals surface area contributed by atoms with Gasteiger partial charge in [0.2, 0.25) is 0 Å². The van der Waals surface area contributed by atoms with E-state index in [9.17, 15) is 9.00 Å². The van der Waals surface area contributed by atoms with Crippen LogP contribution >= 0.6 is 11.3 Å². The summed E-state index contributed by atoms with van der Waals surface area (Å²) >= 11 is 1.53. The molecule has 0 unspecified atom stereocenters. The molecule has 0 radical (unpaired) electrons. The molecule has 0 saturated carbocycles. The first-order valence-corrected chi connectivity index (χ1v) is 10.1. The van der Waals surface area contributed by atoms with Gasteiger partial charge in [0.1, 0.15) is 5.82 Å². The first-order chi connectivity index (χ1) is 11.2. The molecule has 1 aromatic carbocycles. The molecule has 3 rings (SSSR count). The van der Waals surface area contributed by atoms with E-state index in [-0.39, 0.29) is 5.56 Å². The molecule has 8 heteroatoms. The summed E-state index contributed by atoms with van der Waals surface area (Å²) < 4.78 is 16.5. The highest BCUT2D eigenvalue weighted by atomic mass is 32.2. The lowest BCUT2D eigenvalue weighted by Gasteiger charge is -2.04. The van der Waals surface area contributed by atoms with E-state index in [1.807, 2.05) is 24.3 Å². The number of aromatic nitrogens is 1. The van der Waals surface area contributed by atoms with Crippen LogP contribution in [-0.4, -0.2) is 27.6 Å². The van der Waals surface area contributed by atoms with Gasteiger partial charge in [0.25, 0.3) is 5.91 Å². The number of rotatable bonds is 2. The number of nitrogens with two attached hydrogens (primary N) is 2. The fraction of sp³-hybridized carbons (Fsp3) is 0.125. The van der Waals surface area contributed by atoms with Crippen LogP contribution in [0.5, 0.6) is 0 Å². The Bertz CT molecular complexity index is 1070. The third kappa shape index (κ3) is 3.39. The smallest absolute Gasteiger partial charge is 0.286 e. The second-order valence-corrected chi connectivity index (χ2v) is 9.27. The fourth-order valence-electron chi connectivity index (χ4n) is 2.24. The van der Waals surface area contributed by atoms with Crippen LogP contribution < -0.4 is 11.5 Å². The minimum Gasteiger partial charge on any atom is -0.399 e. The van der Waals surface area contributed by atoms with Crippen molar-refractivity contribution in [3.05, 3.63) is 42.1 Å². The molecule has 3 aromatic rings. The topological polar surface area (TPSA) is 111 Å². The lowest BCUT2D eigenvalue weighted by atomic mass is 10.1. The predicted octanol–water partition coefficient (Wildman–Crippen LogP) is 3.00. The zero-order chi connectivity index (χ0) is 17.5. The number of amides is 1. The van der Waals surface area contributed by atoms with Crippen LogP contribution in [0.1, 0.15) is 10.4 Å². The highest BCUT2D eigenvalue weighted by Crippen LogP contribution is 2.36. The fourth-order valence-corrected chi connectivity index (χ4v) is 3.81. The van der Waals surface area contributed by atoms with Crippen molar-refractivity contribution in [1.82, 2.24) is 4.98 Å². The van der Waals surface area contributed by atoms with Gasteiger partial charge in [-0.15, -0.1) is 11.3 Å². The summed E-state index contributed by atoms with van der Waals surface area (Å²) in [6, 6.07) is 9.25. The van der Waals surface area contributed by atoms with Gasteiger partial charge >= 0.3 is 0 Å². The van der Waals surface area contributed by atoms with Crippen LogP contribution in [0.3, 0.4) is 0 Å². The molecule has 0 aliphatic carbocycles. The molecule has 0 saturated heterocycles. The van der Waals surface area contributed by atoms with Gasteiger partial charge in [0, 0.05) is 49.3 Å². The van der Waals surface area contributed by atoms with Gasteiger partial charge in [0.15, 0.2) is 0 Å². The van der Waals surface area contributed by atoms with Gasteiger partial charge in [-0.1, -0.05) is 0 Å². The van der Waals surface area contributed by atoms with Crippen LogP contribution in [0.2, 0.25) is 0 Å². The second kappa shape index (κ2) is 5.88. The number of hydrogen-bond donors (Lipinski definition) is 2. The molecular weight excluding hydrogens is 344 g/mol. The van der Waals surface area contributed by atoms with Gasteiger partial charge in [-0.2, -0.15) is 4.36 Å². The van der Waals surface area contributed by atoms with Crippen molar-refractivity contribution in [2.75, 3.05) is 24.0 Å². The van der Waals surface area contributed by atoms with Gasteiger partial charge in [-0.05, 0) is 35.7 Å². The number of nitrogen functional groups attached to an aromatic ring is 2. The zero-order valence-electron chi connectivity index (χ0n) is 13.1. The number of anilines is 2.